The number of aromatic nitrogens is 4. The predicted molar refractivity (Wildman–Crippen MR) is 92.1 cm³/mol. The molecule has 1 aliphatic rings. The van der Waals surface area contributed by atoms with Crippen molar-refractivity contribution in [3.05, 3.63) is 40.3 Å². The number of nitrogens with zero attached hydrogens (tertiary/aromatic N) is 5. The summed E-state index contributed by atoms with van der Waals surface area (Å²) in [7, 11) is 0. The van der Waals surface area contributed by atoms with Crippen LogP contribution in [0.2, 0.25) is 0 Å². The van der Waals surface area contributed by atoms with Crippen LogP contribution in [0.25, 0.3) is 5.65 Å². The van der Waals surface area contributed by atoms with Crippen LogP contribution in [0, 0.1) is 0 Å². The quantitative estimate of drug-likeness (QED) is 0.763. The SMILES string of the molecule is O=C(Cc1ccsc1)NCc1nnc2ccc(N3CCCC3)nn12. The molecule has 3 aromatic rings. The molecule has 0 aliphatic carbocycles. The molecule has 8 heteroatoms. The van der Waals surface area contributed by atoms with Gasteiger partial charge in [-0.15, -0.1) is 15.3 Å². The molecule has 0 aromatic carbocycles. The maximum Gasteiger partial charge on any atom is 0.224 e. The summed E-state index contributed by atoms with van der Waals surface area (Å²) in [5.74, 6) is 1.55. The van der Waals surface area contributed by atoms with E-state index >= 15 is 0 Å². The number of thiophene rings is 1. The molecule has 1 fully saturated rings. The summed E-state index contributed by atoms with van der Waals surface area (Å²) in [6.07, 6.45) is 2.79. The number of amides is 1. The van der Waals surface area contributed by atoms with E-state index in [1.807, 2.05) is 29.0 Å². The Kier molecular flexibility index (Phi) is 4.12. The first kappa shape index (κ1) is 15.1. The summed E-state index contributed by atoms with van der Waals surface area (Å²) in [6.45, 7) is 2.39. The average Bonchev–Trinajstić information content (AvgIpc) is 3.34. The van der Waals surface area contributed by atoms with E-state index in [9.17, 15) is 4.79 Å². The minimum Gasteiger partial charge on any atom is -0.355 e. The monoisotopic (exact) mass is 342 g/mol. The number of hydrogen-bond donors (Lipinski definition) is 1. The molecule has 0 spiro atoms. The molecule has 0 unspecified atom stereocenters. The molecule has 124 valence electrons. The zero-order valence-corrected chi connectivity index (χ0v) is 14.0. The van der Waals surface area contributed by atoms with Gasteiger partial charge in [0.15, 0.2) is 11.5 Å². The van der Waals surface area contributed by atoms with Crippen molar-refractivity contribution in [3.63, 3.8) is 0 Å². The molecule has 1 amide bonds. The largest absolute Gasteiger partial charge is 0.355 e. The highest BCUT2D eigenvalue weighted by atomic mass is 32.1. The van der Waals surface area contributed by atoms with Gasteiger partial charge in [0.2, 0.25) is 5.91 Å². The highest BCUT2D eigenvalue weighted by molar-refractivity contribution is 7.08. The predicted octanol–water partition coefficient (Wildman–Crippen LogP) is 1.64. The first-order chi connectivity index (χ1) is 11.8. The molecule has 0 bridgehead atoms. The van der Waals surface area contributed by atoms with Crippen molar-refractivity contribution in [2.75, 3.05) is 18.0 Å². The highest BCUT2D eigenvalue weighted by Crippen LogP contribution is 2.18. The lowest BCUT2D eigenvalue weighted by Gasteiger charge is -2.15. The van der Waals surface area contributed by atoms with Crippen LogP contribution in [-0.4, -0.2) is 38.8 Å². The Balaban J connectivity index is 1.47. The third-order valence-corrected chi connectivity index (χ3v) is 4.86. The number of carbonyl (C=O) groups excluding carboxylic acids is 1. The van der Waals surface area contributed by atoms with Crippen molar-refractivity contribution in [1.29, 1.82) is 0 Å². The van der Waals surface area contributed by atoms with Gasteiger partial charge in [-0.25, -0.2) is 0 Å². The average molecular weight is 342 g/mol. The summed E-state index contributed by atoms with van der Waals surface area (Å²) in [5, 5.41) is 19.8. The fourth-order valence-corrected chi connectivity index (χ4v) is 3.54. The Morgan fingerprint density at radius 3 is 2.88 bits per heavy atom. The van der Waals surface area contributed by atoms with E-state index in [2.05, 4.69) is 25.5 Å². The smallest absolute Gasteiger partial charge is 0.224 e. The summed E-state index contributed by atoms with van der Waals surface area (Å²) >= 11 is 1.59. The Morgan fingerprint density at radius 2 is 2.08 bits per heavy atom. The normalized spacial score (nSPS) is 14.4. The maximum atomic E-state index is 12.0. The van der Waals surface area contributed by atoms with Gasteiger partial charge in [-0.05, 0) is 47.4 Å². The highest BCUT2D eigenvalue weighted by Gasteiger charge is 2.16. The number of fused-ring (bicyclic) bond motifs is 1. The van der Waals surface area contributed by atoms with E-state index in [-0.39, 0.29) is 5.91 Å². The lowest BCUT2D eigenvalue weighted by atomic mass is 10.2. The topological polar surface area (TPSA) is 75.4 Å². The van der Waals surface area contributed by atoms with E-state index in [4.69, 9.17) is 0 Å². The molecule has 4 rings (SSSR count). The zero-order chi connectivity index (χ0) is 16.4. The minimum atomic E-state index is -0.0270. The lowest BCUT2D eigenvalue weighted by Crippen LogP contribution is -2.26. The molecule has 4 heterocycles. The molecule has 24 heavy (non-hydrogen) atoms. The van der Waals surface area contributed by atoms with Crippen LogP contribution in [0.3, 0.4) is 0 Å². The van der Waals surface area contributed by atoms with Gasteiger partial charge >= 0.3 is 0 Å². The third kappa shape index (κ3) is 3.09. The van der Waals surface area contributed by atoms with Crippen molar-refractivity contribution in [2.45, 2.75) is 25.8 Å². The van der Waals surface area contributed by atoms with Crippen LogP contribution >= 0.6 is 11.3 Å². The summed E-state index contributed by atoms with van der Waals surface area (Å²) in [6, 6.07) is 5.86. The van der Waals surface area contributed by atoms with Gasteiger partial charge < -0.3 is 10.2 Å². The van der Waals surface area contributed by atoms with Gasteiger partial charge in [0.05, 0.1) is 13.0 Å². The van der Waals surface area contributed by atoms with Crippen molar-refractivity contribution >= 4 is 28.7 Å². The van der Waals surface area contributed by atoms with Crippen LogP contribution in [0.15, 0.2) is 29.0 Å². The Labute approximate surface area is 143 Å². The third-order valence-electron chi connectivity index (χ3n) is 4.13. The fraction of sp³-hybridized carbons (Fsp3) is 0.375. The molecular weight excluding hydrogens is 324 g/mol. The number of anilines is 1. The van der Waals surface area contributed by atoms with Crippen LogP contribution < -0.4 is 10.2 Å². The molecule has 1 N–H and O–H groups in total. The standard InChI is InChI=1S/C16H18N6OS/c23-16(9-12-5-8-24-11-12)17-10-15-19-18-13-3-4-14(20-22(13)15)21-6-1-2-7-21/h3-5,8,11H,1-2,6-7,9-10H2,(H,17,23). The van der Waals surface area contributed by atoms with Gasteiger partial charge in [0, 0.05) is 13.1 Å². The second kappa shape index (κ2) is 6.56. The number of carbonyl (C=O) groups is 1. The van der Waals surface area contributed by atoms with Crippen molar-refractivity contribution < 1.29 is 4.79 Å². The van der Waals surface area contributed by atoms with Gasteiger partial charge in [0.1, 0.15) is 5.82 Å². The molecule has 7 nitrogen and oxygen atoms in total. The molecule has 1 aliphatic heterocycles. The second-order valence-corrected chi connectivity index (χ2v) is 6.64. The van der Waals surface area contributed by atoms with Gasteiger partial charge in [-0.3, -0.25) is 4.79 Å². The van der Waals surface area contributed by atoms with E-state index < -0.39 is 0 Å². The first-order valence-corrected chi connectivity index (χ1v) is 8.98. The Hall–Kier alpha value is -2.48. The lowest BCUT2D eigenvalue weighted by molar-refractivity contribution is -0.120. The van der Waals surface area contributed by atoms with E-state index in [1.54, 1.807) is 15.9 Å². The van der Waals surface area contributed by atoms with E-state index in [1.165, 1.54) is 12.8 Å². The van der Waals surface area contributed by atoms with Crippen molar-refractivity contribution in [2.24, 2.45) is 0 Å². The maximum absolute atomic E-state index is 12.0. The van der Waals surface area contributed by atoms with Crippen molar-refractivity contribution in [3.8, 4) is 0 Å². The molecule has 0 atom stereocenters. The fourth-order valence-electron chi connectivity index (χ4n) is 2.87. The van der Waals surface area contributed by atoms with Crippen LogP contribution in [0.5, 0.6) is 0 Å². The second-order valence-electron chi connectivity index (χ2n) is 5.86. The first-order valence-electron chi connectivity index (χ1n) is 8.04. The zero-order valence-electron chi connectivity index (χ0n) is 13.2. The molecule has 3 aromatic heterocycles. The Bertz CT molecular complexity index is 838. The molecule has 1 saturated heterocycles. The summed E-state index contributed by atoms with van der Waals surface area (Å²) < 4.78 is 1.72. The number of rotatable bonds is 5. The molecule has 0 saturated carbocycles. The molecular formula is C16H18N6OS. The van der Waals surface area contributed by atoms with E-state index in [0.29, 0.717) is 24.4 Å². The van der Waals surface area contributed by atoms with Crippen molar-refractivity contribution in [1.82, 2.24) is 25.1 Å². The summed E-state index contributed by atoms with van der Waals surface area (Å²) in [4.78, 5) is 14.3. The van der Waals surface area contributed by atoms with Crippen LogP contribution in [-0.2, 0) is 17.8 Å². The summed E-state index contributed by atoms with van der Waals surface area (Å²) in [5.41, 5.74) is 1.72. The van der Waals surface area contributed by atoms with E-state index in [0.717, 1.165) is 24.5 Å². The van der Waals surface area contributed by atoms with Crippen LogP contribution in [0.4, 0.5) is 5.82 Å². The molecule has 0 radical (unpaired) electrons. The van der Waals surface area contributed by atoms with Gasteiger partial charge in [-0.2, -0.15) is 15.9 Å². The van der Waals surface area contributed by atoms with Gasteiger partial charge in [-0.1, -0.05) is 0 Å². The minimum absolute atomic E-state index is 0.0270. The number of nitrogens with one attached hydrogen (secondary N) is 1. The Morgan fingerprint density at radius 1 is 1.21 bits per heavy atom. The number of hydrogen-bond acceptors (Lipinski definition) is 6. The van der Waals surface area contributed by atoms with Crippen LogP contribution in [0.1, 0.15) is 24.2 Å². The van der Waals surface area contributed by atoms with Gasteiger partial charge in [0.25, 0.3) is 0 Å².